The predicted molar refractivity (Wildman–Crippen MR) is 168 cm³/mol. The average molecular weight is 549 g/mol. The Morgan fingerprint density at radius 2 is 1.28 bits per heavy atom. The van der Waals surface area contributed by atoms with Gasteiger partial charge in [-0.2, -0.15) is 0 Å². The molecule has 3 aliphatic rings. The number of nitrogens with zero attached hydrogens (tertiary/aromatic N) is 2. The highest BCUT2D eigenvalue weighted by Crippen LogP contribution is 2.48. The van der Waals surface area contributed by atoms with Crippen molar-refractivity contribution in [3.8, 4) is 0 Å². The van der Waals surface area contributed by atoms with E-state index < -0.39 is 14.9 Å². The van der Waals surface area contributed by atoms with Crippen molar-refractivity contribution in [2.24, 2.45) is 0 Å². The molecule has 1 heterocycles. The molecule has 0 amide bonds. The minimum absolute atomic E-state index is 0.806. The Bertz CT molecular complexity index is 1820. The number of para-hydroxylation sites is 2. The maximum absolute atomic E-state index is 15.1. The summed E-state index contributed by atoms with van der Waals surface area (Å²) in [6, 6.07) is 24.5. The number of benzene rings is 4. The first-order valence-corrected chi connectivity index (χ1v) is 16.9. The third-order valence-corrected chi connectivity index (χ3v) is 12.8. The van der Waals surface area contributed by atoms with Crippen molar-refractivity contribution < 1.29 is 9.13 Å². The molecule has 0 saturated heterocycles. The summed E-state index contributed by atoms with van der Waals surface area (Å²) in [6.07, 6.45) is 10.3. The number of anilines is 4. The Morgan fingerprint density at radius 1 is 0.667 bits per heavy atom. The minimum atomic E-state index is -3.07. The Balaban J connectivity index is 1.60. The molecule has 194 valence electrons. The van der Waals surface area contributed by atoms with Crippen LogP contribution in [-0.4, -0.2) is 20.8 Å². The van der Waals surface area contributed by atoms with Crippen molar-refractivity contribution in [2.45, 2.75) is 12.8 Å². The summed E-state index contributed by atoms with van der Waals surface area (Å²) in [5.74, 6) is 0. The van der Waals surface area contributed by atoms with Crippen LogP contribution in [0.2, 0.25) is 0 Å². The van der Waals surface area contributed by atoms with Gasteiger partial charge in [-0.15, -0.1) is 0 Å². The van der Waals surface area contributed by atoms with Gasteiger partial charge in [0.25, 0.3) is 0 Å². The first-order chi connectivity index (χ1) is 18.8. The Kier molecular flexibility index (Phi) is 5.63. The summed E-state index contributed by atoms with van der Waals surface area (Å²) in [5.41, 5.74) is 8.26. The second kappa shape index (κ2) is 8.98. The number of hydrogen-bond acceptors (Lipinski definition) is 4. The standard InChI is InChI=1S/C33H30N2O2P2/c1-34-26-14-4-6-16-30(26)38(36)31-20-24-12-8-10-22(24)18-28(31)35(2)29-19-23-11-9-13-25(23)21-33(29)39(3,37)32-17-7-5-15-27(32)34/h4-9,11-12,14-21,38H,10,13H2,1-3H3. The molecule has 0 aromatic heterocycles. The highest BCUT2D eigenvalue weighted by atomic mass is 31.2. The fourth-order valence-electron chi connectivity index (χ4n) is 6.24. The normalized spacial score (nSPS) is 20.7. The van der Waals surface area contributed by atoms with Gasteiger partial charge >= 0.3 is 0 Å². The highest BCUT2D eigenvalue weighted by Gasteiger charge is 2.33. The lowest BCUT2D eigenvalue weighted by atomic mass is 10.1. The summed E-state index contributed by atoms with van der Waals surface area (Å²) in [7, 11) is -1.46. The molecule has 0 N–H and O–H groups in total. The van der Waals surface area contributed by atoms with Gasteiger partial charge in [0.2, 0.25) is 0 Å². The van der Waals surface area contributed by atoms with Crippen molar-refractivity contribution >= 4 is 71.1 Å². The van der Waals surface area contributed by atoms with Gasteiger partial charge in [0, 0.05) is 35.3 Å². The van der Waals surface area contributed by atoms with Gasteiger partial charge < -0.3 is 18.9 Å². The van der Waals surface area contributed by atoms with Crippen LogP contribution in [0.25, 0.3) is 12.2 Å². The Hall–Kier alpha value is -3.58. The van der Waals surface area contributed by atoms with Crippen LogP contribution in [0.5, 0.6) is 0 Å². The molecule has 2 unspecified atom stereocenters. The molecule has 2 atom stereocenters. The third-order valence-electron chi connectivity index (χ3n) is 8.40. The van der Waals surface area contributed by atoms with Gasteiger partial charge in [0.15, 0.2) is 0 Å². The van der Waals surface area contributed by atoms with Crippen LogP contribution in [-0.2, 0) is 22.0 Å². The maximum atomic E-state index is 15.1. The Morgan fingerprint density at radius 3 is 2.05 bits per heavy atom. The van der Waals surface area contributed by atoms with Crippen molar-refractivity contribution in [3.05, 3.63) is 107 Å². The van der Waals surface area contributed by atoms with Crippen LogP contribution in [0.1, 0.15) is 22.3 Å². The van der Waals surface area contributed by atoms with Crippen molar-refractivity contribution in [1.82, 2.24) is 0 Å². The zero-order chi connectivity index (χ0) is 26.9. The third kappa shape index (κ3) is 3.73. The second-order valence-corrected chi connectivity index (χ2v) is 15.2. The van der Waals surface area contributed by atoms with E-state index in [4.69, 9.17) is 0 Å². The zero-order valence-corrected chi connectivity index (χ0v) is 24.2. The van der Waals surface area contributed by atoms with Crippen LogP contribution >= 0.6 is 14.9 Å². The molecule has 4 aromatic carbocycles. The van der Waals surface area contributed by atoms with E-state index in [1.807, 2.05) is 69.3 Å². The molecule has 0 spiro atoms. The molecule has 0 fully saturated rings. The van der Waals surface area contributed by atoms with Crippen LogP contribution in [0, 0.1) is 0 Å². The Labute approximate surface area is 230 Å². The van der Waals surface area contributed by atoms with E-state index in [0.29, 0.717) is 0 Å². The topological polar surface area (TPSA) is 40.6 Å². The van der Waals surface area contributed by atoms with Crippen molar-refractivity contribution in [1.29, 1.82) is 0 Å². The number of hydrogen-bond donors (Lipinski definition) is 0. The molecule has 0 saturated carbocycles. The molecule has 0 bridgehead atoms. The van der Waals surface area contributed by atoms with Gasteiger partial charge in [0.1, 0.15) is 14.9 Å². The summed E-state index contributed by atoms with van der Waals surface area (Å²) in [5, 5.41) is 3.28. The van der Waals surface area contributed by atoms with Gasteiger partial charge in [-0.05, 0) is 90.3 Å². The average Bonchev–Trinajstić information content (AvgIpc) is 3.63. The largest absolute Gasteiger partial charge is 0.343 e. The molecule has 7 rings (SSSR count). The van der Waals surface area contributed by atoms with E-state index in [2.05, 4.69) is 58.4 Å². The van der Waals surface area contributed by atoms with E-state index in [0.717, 1.165) is 67.9 Å². The van der Waals surface area contributed by atoms with Gasteiger partial charge in [-0.1, -0.05) is 48.6 Å². The lowest BCUT2D eigenvalue weighted by Gasteiger charge is -2.32. The SMILES string of the molecule is CN1c2ccccc2[PH](=O)c2cc3c(cc2N(C)c2cc4c(cc2P(C)(=O)c2ccccc21)CC=C4)CC=C3. The van der Waals surface area contributed by atoms with Crippen LogP contribution in [0.4, 0.5) is 22.7 Å². The van der Waals surface area contributed by atoms with Crippen molar-refractivity contribution in [2.75, 3.05) is 30.6 Å². The van der Waals surface area contributed by atoms with Crippen LogP contribution in [0.3, 0.4) is 0 Å². The molecule has 0 radical (unpaired) electrons. The quantitative estimate of drug-likeness (QED) is 0.248. The molecular weight excluding hydrogens is 518 g/mol. The molecule has 4 nitrogen and oxygen atoms in total. The zero-order valence-electron chi connectivity index (χ0n) is 22.3. The lowest BCUT2D eigenvalue weighted by molar-refractivity contribution is 0.590. The van der Waals surface area contributed by atoms with E-state index in [-0.39, 0.29) is 0 Å². The predicted octanol–water partition coefficient (Wildman–Crippen LogP) is 6.13. The monoisotopic (exact) mass is 548 g/mol. The smallest absolute Gasteiger partial charge is 0.144 e. The number of fused-ring (bicyclic) bond motifs is 6. The maximum Gasteiger partial charge on any atom is 0.144 e. The van der Waals surface area contributed by atoms with Crippen molar-refractivity contribution in [3.63, 3.8) is 0 Å². The first kappa shape index (κ1) is 24.5. The molecule has 1 aliphatic heterocycles. The van der Waals surface area contributed by atoms with E-state index in [1.54, 1.807) is 0 Å². The van der Waals surface area contributed by atoms with E-state index in [9.17, 15) is 4.57 Å². The minimum Gasteiger partial charge on any atom is -0.343 e. The van der Waals surface area contributed by atoms with Gasteiger partial charge in [-0.3, -0.25) is 0 Å². The molecule has 6 heteroatoms. The summed E-state index contributed by atoms with van der Waals surface area (Å²) >= 11 is 0. The van der Waals surface area contributed by atoms with Gasteiger partial charge in [0.05, 0.1) is 22.7 Å². The van der Waals surface area contributed by atoms with E-state index in [1.165, 1.54) is 11.1 Å². The summed E-state index contributed by atoms with van der Waals surface area (Å²) in [6.45, 7) is 1.90. The highest BCUT2D eigenvalue weighted by molar-refractivity contribution is 7.78. The summed E-state index contributed by atoms with van der Waals surface area (Å²) < 4.78 is 29.8. The molecule has 2 aliphatic carbocycles. The first-order valence-electron chi connectivity index (χ1n) is 13.3. The fraction of sp³-hybridized carbons (Fsp3) is 0.152. The lowest BCUT2D eigenvalue weighted by Crippen LogP contribution is -2.31. The number of rotatable bonds is 0. The van der Waals surface area contributed by atoms with E-state index >= 15 is 4.57 Å². The second-order valence-electron chi connectivity index (χ2n) is 10.7. The van der Waals surface area contributed by atoms with Crippen LogP contribution in [0.15, 0.2) is 84.9 Å². The van der Waals surface area contributed by atoms with Gasteiger partial charge in [-0.25, -0.2) is 0 Å². The molecular formula is C33H30N2O2P2. The number of allylic oxidation sites excluding steroid dienone is 2. The fourth-order valence-corrected chi connectivity index (χ4v) is 10.4. The molecule has 4 aromatic rings. The summed E-state index contributed by atoms with van der Waals surface area (Å²) in [4.78, 5) is 4.20. The molecule has 39 heavy (non-hydrogen) atoms. The van der Waals surface area contributed by atoms with Crippen LogP contribution < -0.4 is 31.0 Å².